The number of anilines is 3. The number of ether oxygens (including phenoxy) is 1. The van der Waals surface area contributed by atoms with E-state index in [1.165, 1.54) is 39.0 Å². The van der Waals surface area contributed by atoms with Crippen LogP contribution in [0.15, 0.2) is 55.1 Å². The Kier molecular flexibility index (Phi) is 9.94. The van der Waals surface area contributed by atoms with Crippen LogP contribution in [0.4, 0.5) is 35.4 Å². The Hall–Kier alpha value is -3.90. The Morgan fingerprint density at radius 1 is 1.00 bits per heavy atom. The number of nitrogens with one attached hydrogen (secondary N) is 2. The molecule has 1 fully saturated rings. The molecule has 3 aromatic carbocycles. The molecule has 3 N–H and O–H groups in total. The molecule has 0 saturated heterocycles. The van der Waals surface area contributed by atoms with Crippen LogP contribution in [0.2, 0.25) is 10.0 Å². The molecule has 0 heterocycles. The molecule has 2 atom stereocenters. The molecule has 9 nitrogen and oxygen atoms in total. The lowest BCUT2D eigenvalue weighted by Crippen LogP contribution is -2.41. The van der Waals surface area contributed by atoms with Gasteiger partial charge in [0.05, 0.1) is 22.2 Å². The molecule has 1 saturated carbocycles. The van der Waals surface area contributed by atoms with E-state index in [2.05, 4.69) is 17.2 Å². The van der Waals surface area contributed by atoms with Gasteiger partial charge < -0.3 is 20.5 Å². The van der Waals surface area contributed by atoms with Crippen LogP contribution in [-0.2, 0) is 9.53 Å². The van der Waals surface area contributed by atoms with Crippen molar-refractivity contribution >= 4 is 93.5 Å². The van der Waals surface area contributed by atoms with Crippen LogP contribution in [0.25, 0.3) is 6.08 Å². The summed E-state index contributed by atoms with van der Waals surface area (Å²) in [4.78, 5) is 50.4. The lowest BCUT2D eigenvalue weighted by Gasteiger charge is -2.25. The third-order valence-electron chi connectivity index (χ3n) is 6.72. The molecule has 0 aliphatic heterocycles. The van der Waals surface area contributed by atoms with Crippen LogP contribution in [0.3, 0.4) is 0 Å². The Labute approximate surface area is 282 Å². The summed E-state index contributed by atoms with van der Waals surface area (Å²) in [5, 5.41) is 14.7. The van der Waals surface area contributed by atoms with Crippen LogP contribution in [0, 0.1) is 17.6 Å². The second-order valence-electron chi connectivity index (χ2n) is 11.1. The summed E-state index contributed by atoms with van der Waals surface area (Å²) in [6, 6.07) is 10.4. The van der Waals surface area contributed by atoms with E-state index in [1.54, 1.807) is 24.3 Å². The van der Waals surface area contributed by atoms with Gasteiger partial charge in [0.1, 0.15) is 15.6 Å². The van der Waals surface area contributed by atoms with Crippen molar-refractivity contribution in [2.45, 2.75) is 36.6 Å². The lowest BCUT2D eigenvalue weighted by molar-refractivity contribution is -0.117. The second kappa shape index (κ2) is 13.1. The maximum absolute atomic E-state index is 15.5. The minimum atomic E-state index is -2.03. The van der Waals surface area contributed by atoms with Crippen LogP contribution in [0.5, 0.6) is 0 Å². The number of carboxylic acid groups (broad SMARTS) is 1. The Balaban J connectivity index is 1.56. The predicted molar refractivity (Wildman–Crippen MR) is 173 cm³/mol. The Bertz CT molecular complexity index is 1780. The highest BCUT2D eigenvalue weighted by molar-refractivity contribution is 6.53. The summed E-state index contributed by atoms with van der Waals surface area (Å²) in [5.41, 5.74) is -2.01. The largest absolute Gasteiger partial charge is 0.464 e. The molecule has 1 aliphatic rings. The second-order valence-corrected chi connectivity index (χ2v) is 13.4. The van der Waals surface area contributed by atoms with E-state index in [0.29, 0.717) is 22.2 Å². The van der Waals surface area contributed by atoms with Gasteiger partial charge >= 0.3 is 12.2 Å². The van der Waals surface area contributed by atoms with Gasteiger partial charge in [-0.25, -0.2) is 18.4 Å². The number of carbonyl (C=O) groups is 4. The zero-order valence-electron chi connectivity index (χ0n) is 24.3. The van der Waals surface area contributed by atoms with Crippen molar-refractivity contribution in [2.75, 3.05) is 15.5 Å². The zero-order valence-corrected chi connectivity index (χ0v) is 27.3. The first-order valence-corrected chi connectivity index (χ1v) is 14.8. The summed E-state index contributed by atoms with van der Waals surface area (Å²) < 4.78 is 33.7. The fourth-order valence-electron chi connectivity index (χ4n) is 4.58. The minimum absolute atomic E-state index is 0.106. The highest BCUT2D eigenvalue weighted by Gasteiger charge is 2.67. The number of benzene rings is 3. The molecule has 0 aromatic heterocycles. The first-order valence-electron chi connectivity index (χ1n) is 13.3. The van der Waals surface area contributed by atoms with Crippen molar-refractivity contribution in [1.29, 1.82) is 0 Å². The number of imide groups is 1. The van der Waals surface area contributed by atoms with E-state index in [-0.39, 0.29) is 21.2 Å². The first kappa shape index (κ1) is 35.0. The normalized spacial score (nSPS) is 16.6. The SMILES string of the molecule is C=Cc1cc(C2C(C(=O)Nc3ccc(Cl)c(C(=O)Nc4ccc(F)c(N(C(=O)O)C(=O)OC(C)(C)C)c4F)c3)C2(Cl)Cl)ccc1Cl. The standard InChI is InChI=1S/C31H25Cl4F2N3O6/c1-5-14-12-15(6-8-18(14)32)22-23(31(22,34)35)27(42)38-16-7-9-19(33)17(13-16)26(41)39-21-11-10-20(36)25(24(21)37)40(28(43)44)29(45)46-30(2,3)4/h5-13,22-23H,1H2,2-4H3,(H,38,42)(H,39,41)(H,43,44). The van der Waals surface area contributed by atoms with Gasteiger partial charge in [-0.15, -0.1) is 23.2 Å². The minimum Gasteiger partial charge on any atom is -0.464 e. The van der Waals surface area contributed by atoms with Crippen molar-refractivity contribution in [1.82, 2.24) is 0 Å². The van der Waals surface area contributed by atoms with Gasteiger partial charge in [0.15, 0.2) is 11.6 Å². The Morgan fingerprint density at radius 2 is 1.65 bits per heavy atom. The fourth-order valence-corrected chi connectivity index (χ4v) is 5.81. The first-order chi connectivity index (χ1) is 21.4. The van der Waals surface area contributed by atoms with Crippen molar-refractivity contribution in [3.05, 3.63) is 93.5 Å². The fraction of sp³-hybridized carbons (Fsp3) is 0.226. The average molecular weight is 715 g/mol. The summed E-state index contributed by atoms with van der Waals surface area (Å²) in [6.45, 7) is 7.99. The summed E-state index contributed by atoms with van der Waals surface area (Å²) >= 11 is 25.3. The van der Waals surface area contributed by atoms with Crippen LogP contribution in [-0.4, -0.2) is 39.0 Å². The summed E-state index contributed by atoms with van der Waals surface area (Å²) in [5.74, 6) is -6.03. The van der Waals surface area contributed by atoms with Crippen molar-refractivity contribution in [3.63, 3.8) is 0 Å². The van der Waals surface area contributed by atoms with Crippen LogP contribution < -0.4 is 15.5 Å². The molecule has 46 heavy (non-hydrogen) atoms. The number of rotatable bonds is 7. The van der Waals surface area contributed by atoms with Gasteiger partial charge in [-0.05, 0) is 74.4 Å². The van der Waals surface area contributed by atoms with Crippen molar-refractivity contribution in [3.8, 4) is 0 Å². The summed E-state index contributed by atoms with van der Waals surface area (Å²) in [6.07, 6.45) is -2.05. The number of amides is 4. The molecular weight excluding hydrogens is 690 g/mol. The molecular formula is C31H25Cl4F2N3O6. The molecule has 1 aliphatic carbocycles. The van der Waals surface area contributed by atoms with Gasteiger partial charge in [-0.2, -0.15) is 4.90 Å². The van der Waals surface area contributed by atoms with E-state index in [1.807, 2.05) is 0 Å². The van der Waals surface area contributed by atoms with Crippen LogP contribution >= 0.6 is 46.4 Å². The molecule has 4 amide bonds. The molecule has 3 aromatic rings. The smallest absolute Gasteiger partial charge is 0.424 e. The molecule has 0 radical (unpaired) electrons. The number of carbonyl (C=O) groups excluding carboxylic acids is 3. The van der Waals surface area contributed by atoms with Gasteiger partial charge in [0, 0.05) is 16.6 Å². The number of halogens is 6. The van der Waals surface area contributed by atoms with E-state index < -0.39 is 68.8 Å². The maximum Gasteiger partial charge on any atom is 0.424 e. The molecule has 242 valence electrons. The number of hydrogen-bond acceptors (Lipinski definition) is 5. The lowest BCUT2D eigenvalue weighted by atomic mass is 10.1. The number of alkyl halides is 2. The van der Waals surface area contributed by atoms with E-state index in [0.717, 1.165) is 6.07 Å². The number of hydrogen-bond donors (Lipinski definition) is 3. The molecule has 15 heteroatoms. The third kappa shape index (κ3) is 7.23. The molecule has 0 spiro atoms. The predicted octanol–water partition coefficient (Wildman–Crippen LogP) is 9.11. The van der Waals surface area contributed by atoms with Crippen molar-refractivity contribution < 1.29 is 37.8 Å². The number of nitrogens with zero attached hydrogens (tertiary/aromatic N) is 1. The monoisotopic (exact) mass is 713 g/mol. The van der Waals surface area contributed by atoms with Gasteiger partial charge in [-0.1, -0.05) is 41.9 Å². The van der Waals surface area contributed by atoms with E-state index in [4.69, 9.17) is 51.1 Å². The highest BCUT2D eigenvalue weighted by Crippen LogP contribution is 2.65. The average Bonchev–Trinajstić information content (AvgIpc) is 3.54. The Morgan fingerprint density at radius 3 is 2.26 bits per heavy atom. The van der Waals surface area contributed by atoms with E-state index >= 15 is 4.39 Å². The zero-order chi connectivity index (χ0) is 34.3. The van der Waals surface area contributed by atoms with Gasteiger partial charge in [0.2, 0.25) is 5.91 Å². The topological polar surface area (TPSA) is 125 Å². The quantitative estimate of drug-likeness (QED) is 0.210. The molecule has 2 unspecified atom stereocenters. The van der Waals surface area contributed by atoms with E-state index in [9.17, 15) is 28.7 Å². The van der Waals surface area contributed by atoms with Gasteiger partial charge in [-0.3, -0.25) is 9.59 Å². The molecule has 4 rings (SSSR count). The summed E-state index contributed by atoms with van der Waals surface area (Å²) in [7, 11) is 0. The van der Waals surface area contributed by atoms with Crippen molar-refractivity contribution in [2.24, 2.45) is 5.92 Å². The highest BCUT2D eigenvalue weighted by atomic mass is 35.5. The van der Waals surface area contributed by atoms with Gasteiger partial charge in [0.25, 0.3) is 5.91 Å². The van der Waals surface area contributed by atoms with Crippen LogP contribution in [0.1, 0.15) is 48.2 Å². The molecule has 0 bridgehead atoms. The third-order valence-corrected chi connectivity index (χ3v) is 8.33. The maximum atomic E-state index is 15.5.